The van der Waals surface area contributed by atoms with Crippen molar-refractivity contribution in [2.45, 2.75) is 31.0 Å². The molecule has 2 aromatic carbocycles. The molecule has 0 saturated carbocycles. The van der Waals surface area contributed by atoms with Crippen molar-refractivity contribution >= 4 is 12.1 Å². The van der Waals surface area contributed by atoms with Crippen LogP contribution in [-0.4, -0.2) is 44.4 Å². The first kappa shape index (κ1) is 19.6. The fourth-order valence-corrected chi connectivity index (χ4v) is 3.55. The van der Waals surface area contributed by atoms with Gasteiger partial charge in [0, 0.05) is 5.56 Å². The zero-order valence-electron chi connectivity index (χ0n) is 14.9. The second-order valence-corrected chi connectivity index (χ2v) is 6.65. The first-order valence-electron chi connectivity index (χ1n) is 8.72. The second-order valence-electron chi connectivity index (χ2n) is 6.65. The predicted molar refractivity (Wildman–Crippen MR) is 96.5 cm³/mol. The van der Waals surface area contributed by atoms with E-state index in [0.717, 1.165) is 4.90 Å². The summed E-state index contributed by atoms with van der Waals surface area (Å²) in [5.74, 6) is -1.26. The standard InChI is InChI=1S/C20H20FNO6/c21-16-4-2-1-3-14(16)11-28-15-7-5-13(6-8-15)17-9-10-20(12-23,18(24)25)22(17)19(26)27/h1-8,17,23H,9-12H2,(H,24,25)(H,26,27)/t17-,20-/m1/s1. The highest BCUT2D eigenvalue weighted by Gasteiger charge is 2.54. The van der Waals surface area contributed by atoms with E-state index in [0.29, 0.717) is 16.9 Å². The Hall–Kier alpha value is -3.13. The number of rotatable bonds is 6. The van der Waals surface area contributed by atoms with E-state index >= 15 is 0 Å². The van der Waals surface area contributed by atoms with Crippen LogP contribution in [0.5, 0.6) is 5.75 Å². The molecule has 0 radical (unpaired) electrons. The molecule has 0 aliphatic carbocycles. The van der Waals surface area contributed by atoms with Crippen LogP contribution in [-0.2, 0) is 11.4 Å². The maximum Gasteiger partial charge on any atom is 0.408 e. The van der Waals surface area contributed by atoms with Gasteiger partial charge >= 0.3 is 12.1 Å². The molecule has 7 nitrogen and oxygen atoms in total. The number of ether oxygens (including phenoxy) is 1. The largest absolute Gasteiger partial charge is 0.489 e. The molecule has 2 atom stereocenters. The third kappa shape index (κ3) is 3.50. The van der Waals surface area contributed by atoms with Crippen LogP contribution < -0.4 is 4.74 Å². The fraction of sp³-hybridized carbons (Fsp3) is 0.300. The van der Waals surface area contributed by atoms with Gasteiger partial charge < -0.3 is 20.1 Å². The number of hydrogen-bond donors (Lipinski definition) is 3. The molecule has 1 heterocycles. The molecule has 0 bridgehead atoms. The Labute approximate surface area is 160 Å². The summed E-state index contributed by atoms with van der Waals surface area (Å²) in [5, 5.41) is 28.6. The molecule has 0 spiro atoms. The SMILES string of the molecule is O=C(O)N1[C@@H](c2ccc(OCc3ccccc3F)cc2)CC[C@@]1(CO)C(=O)O. The minimum Gasteiger partial charge on any atom is -0.489 e. The lowest BCUT2D eigenvalue weighted by molar-refractivity contribution is -0.152. The minimum absolute atomic E-state index is 0.0152. The average molecular weight is 389 g/mol. The number of aliphatic hydroxyl groups excluding tert-OH is 1. The maximum absolute atomic E-state index is 13.6. The van der Waals surface area contributed by atoms with Crippen LogP contribution in [0.1, 0.15) is 30.0 Å². The van der Waals surface area contributed by atoms with Crippen LogP contribution in [0.3, 0.4) is 0 Å². The molecule has 1 aliphatic rings. The smallest absolute Gasteiger partial charge is 0.408 e. The molecule has 2 aromatic rings. The lowest BCUT2D eigenvalue weighted by Crippen LogP contribution is -2.55. The number of aliphatic hydroxyl groups is 1. The van der Waals surface area contributed by atoms with Crippen molar-refractivity contribution in [2.75, 3.05) is 6.61 Å². The monoisotopic (exact) mass is 389 g/mol. The number of benzene rings is 2. The summed E-state index contributed by atoms with van der Waals surface area (Å²) >= 11 is 0. The zero-order valence-corrected chi connectivity index (χ0v) is 14.9. The van der Waals surface area contributed by atoms with E-state index in [4.69, 9.17) is 4.74 Å². The molecule has 3 rings (SSSR count). The van der Waals surface area contributed by atoms with Gasteiger partial charge in [-0.25, -0.2) is 14.0 Å². The van der Waals surface area contributed by atoms with E-state index in [1.54, 1.807) is 42.5 Å². The highest BCUT2D eigenvalue weighted by molar-refractivity contribution is 5.85. The van der Waals surface area contributed by atoms with Crippen LogP contribution in [0.15, 0.2) is 48.5 Å². The Morgan fingerprint density at radius 2 is 1.82 bits per heavy atom. The number of carboxylic acids is 1. The molecule has 1 aliphatic heterocycles. The summed E-state index contributed by atoms with van der Waals surface area (Å²) in [6, 6.07) is 12.1. The Morgan fingerprint density at radius 3 is 2.39 bits per heavy atom. The summed E-state index contributed by atoms with van der Waals surface area (Å²) in [6.07, 6.45) is -1.12. The lowest BCUT2D eigenvalue weighted by Gasteiger charge is -2.34. The van der Waals surface area contributed by atoms with Crippen molar-refractivity contribution < 1.29 is 34.0 Å². The van der Waals surface area contributed by atoms with Gasteiger partial charge in [-0.3, -0.25) is 4.90 Å². The third-order valence-electron chi connectivity index (χ3n) is 5.09. The molecule has 1 saturated heterocycles. The van der Waals surface area contributed by atoms with E-state index < -0.39 is 30.3 Å². The van der Waals surface area contributed by atoms with Crippen LogP contribution in [0.4, 0.5) is 9.18 Å². The van der Waals surface area contributed by atoms with Gasteiger partial charge in [-0.05, 0) is 36.6 Å². The molecule has 28 heavy (non-hydrogen) atoms. The summed E-state index contributed by atoms with van der Waals surface area (Å²) in [6.45, 7) is -0.752. The lowest BCUT2D eigenvalue weighted by atomic mass is 9.98. The molecule has 3 N–H and O–H groups in total. The van der Waals surface area contributed by atoms with Gasteiger partial charge in [-0.2, -0.15) is 0 Å². The summed E-state index contributed by atoms with van der Waals surface area (Å²) in [4.78, 5) is 24.2. The number of halogens is 1. The van der Waals surface area contributed by atoms with E-state index in [9.17, 15) is 29.3 Å². The number of nitrogens with zero attached hydrogens (tertiary/aromatic N) is 1. The van der Waals surface area contributed by atoms with E-state index in [1.165, 1.54) is 6.07 Å². The number of amides is 1. The number of carbonyl (C=O) groups is 2. The van der Waals surface area contributed by atoms with E-state index in [2.05, 4.69) is 0 Å². The van der Waals surface area contributed by atoms with Crippen molar-refractivity contribution in [2.24, 2.45) is 0 Å². The Morgan fingerprint density at radius 1 is 1.14 bits per heavy atom. The first-order chi connectivity index (χ1) is 13.4. The maximum atomic E-state index is 13.6. The van der Waals surface area contributed by atoms with Gasteiger partial charge in [0.2, 0.25) is 0 Å². The van der Waals surface area contributed by atoms with Crippen molar-refractivity contribution in [3.8, 4) is 5.75 Å². The van der Waals surface area contributed by atoms with Crippen LogP contribution in [0.2, 0.25) is 0 Å². The first-order valence-corrected chi connectivity index (χ1v) is 8.72. The highest BCUT2D eigenvalue weighted by atomic mass is 19.1. The Balaban J connectivity index is 1.76. The van der Waals surface area contributed by atoms with Gasteiger partial charge in [0.25, 0.3) is 0 Å². The van der Waals surface area contributed by atoms with Gasteiger partial charge in [0.1, 0.15) is 18.2 Å². The number of hydrogen-bond acceptors (Lipinski definition) is 4. The van der Waals surface area contributed by atoms with Gasteiger partial charge in [-0.15, -0.1) is 0 Å². The second kappa shape index (κ2) is 7.85. The zero-order chi connectivity index (χ0) is 20.3. The van der Waals surface area contributed by atoms with Gasteiger partial charge in [-0.1, -0.05) is 30.3 Å². The molecule has 148 valence electrons. The normalized spacial score (nSPS) is 21.5. The highest BCUT2D eigenvalue weighted by Crippen LogP contribution is 2.43. The van der Waals surface area contributed by atoms with Crippen LogP contribution in [0.25, 0.3) is 0 Å². The summed E-state index contributed by atoms with van der Waals surface area (Å²) < 4.78 is 19.2. The van der Waals surface area contributed by atoms with E-state index in [1.807, 2.05) is 0 Å². The topological polar surface area (TPSA) is 107 Å². The molecule has 0 unspecified atom stereocenters. The molecule has 1 amide bonds. The summed E-state index contributed by atoms with van der Waals surface area (Å²) in [7, 11) is 0. The Kier molecular flexibility index (Phi) is 5.51. The van der Waals surface area contributed by atoms with Crippen molar-refractivity contribution in [3.63, 3.8) is 0 Å². The molecule has 8 heteroatoms. The summed E-state index contributed by atoms with van der Waals surface area (Å²) in [5.41, 5.74) is -0.845. The Bertz CT molecular complexity index is 871. The van der Waals surface area contributed by atoms with Crippen LogP contribution >= 0.6 is 0 Å². The average Bonchev–Trinajstić information content (AvgIpc) is 3.09. The molecular formula is C20H20FNO6. The van der Waals surface area contributed by atoms with E-state index in [-0.39, 0.29) is 25.3 Å². The van der Waals surface area contributed by atoms with Crippen LogP contribution in [0, 0.1) is 5.82 Å². The fourth-order valence-electron chi connectivity index (χ4n) is 3.55. The third-order valence-corrected chi connectivity index (χ3v) is 5.09. The van der Waals surface area contributed by atoms with Crippen molar-refractivity contribution in [1.29, 1.82) is 0 Å². The quantitative estimate of drug-likeness (QED) is 0.701. The molecule has 1 fully saturated rings. The molecule has 0 aromatic heterocycles. The predicted octanol–water partition coefficient (Wildman–Crippen LogP) is 3.04. The van der Waals surface area contributed by atoms with Crippen molar-refractivity contribution in [1.82, 2.24) is 4.90 Å². The number of aliphatic carboxylic acids is 1. The minimum atomic E-state index is -1.85. The van der Waals surface area contributed by atoms with Crippen molar-refractivity contribution in [3.05, 3.63) is 65.5 Å². The van der Waals surface area contributed by atoms with Gasteiger partial charge in [0.15, 0.2) is 5.54 Å². The number of carboxylic acid groups (broad SMARTS) is 2. The number of likely N-dealkylation sites (tertiary alicyclic amines) is 1. The van der Waals surface area contributed by atoms with Gasteiger partial charge in [0.05, 0.1) is 12.6 Å². The molecular weight excluding hydrogens is 369 g/mol.